The van der Waals surface area contributed by atoms with E-state index >= 15 is 0 Å². The zero-order chi connectivity index (χ0) is 19.9. The van der Waals surface area contributed by atoms with Crippen molar-refractivity contribution in [2.45, 2.75) is 0 Å². The van der Waals surface area contributed by atoms with Crippen LogP contribution < -0.4 is 9.47 Å². The first-order valence-corrected chi connectivity index (χ1v) is 10.3. The SMILES string of the molecule is COc1cc(I)c(C(=O)N2CCN(C/C=C/c3ccccc3)CC2)cc1OC. The molecule has 1 heterocycles. The van der Waals surface area contributed by atoms with Gasteiger partial charge in [0.2, 0.25) is 0 Å². The Bertz CT molecular complexity index is 831. The van der Waals surface area contributed by atoms with Crippen molar-refractivity contribution in [1.82, 2.24) is 9.80 Å². The average Bonchev–Trinajstić information content (AvgIpc) is 2.74. The lowest BCUT2D eigenvalue weighted by Crippen LogP contribution is -2.48. The number of rotatable bonds is 6. The van der Waals surface area contributed by atoms with E-state index in [1.165, 1.54) is 5.56 Å². The molecule has 0 aliphatic carbocycles. The highest BCUT2D eigenvalue weighted by Gasteiger charge is 2.24. The number of hydrogen-bond acceptors (Lipinski definition) is 4. The normalized spacial score (nSPS) is 15.0. The predicted octanol–water partition coefficient (Wildman–Crippen LogP) is 3.78. The lowest BCUT2D eigenvalue weighted by atomic mass is 10.1. The van der Waals surface area contributed by atoms with Gasteiger partial charge in [0.25, 0.3) is 5.91 Å². The van der Waals surface area contributed by atoms with E-state index in [4.69, 9.17) is 9.47 Å². The van der Waals surface area contributed by atoms with E-state index in [0.29, 0.717) is 17.1 Å². The molecule has 0 unspecified atom stereocenters. The van der Waals surface area contributed by atoms with Gasteiger partial charge in [-0.2, -0.15) is 0 Å². The van der Waals surface area contributed by atoms with Crippen LogP contribution in [0.5, 0.6) is 11.5 Å². The lowest BCUT2D eigenvalue weighted by Gasteiger charge is -2.34. The number of methoxy groups -OCH3 is 2. The Labute approximate surface area is 180 Å². The van der Waals surface area contributed by atoms with Crippen LogP contribution in [0.3, 0.4) is 0 Å². The highest BCUT2D eigenvalue weighted by Crippen LogP contribution is 2.32. The van der Waals surface area contributed by atoms with Crippen LogP contribution in [0.2, 0.25) is 0 Å². The van der Waals surface area contributed by atoms with Gasteiger partial charge < -0.3 is 14.4 Å². The third-order valence-corrected chi connectivity index (χ3v) is 5.73. The third kappa shape index (κ3) is 5.05. The molecule has 1 saturated heterocycles. The number of halogens is 1. The Kier molecular flexibility index (Phi) is 7.33. The Hall–Kier alpha value is -2.06. The second kappa shape index (κ2) is 9.93. The van der Waals surface area contributed by atoms with E-state index < -0.39 is 0 Å². The largest absolute Gasteiger partial charge is 0.493 e. The second-order valence-corrected chi connectivity index (χ2v) is 7.76. The molecule has 0 radical (unpaired) electrons. The maximum absolute atomic E-state index is 13.0. The molecule has 3 rings (SSSR count). The van der Waals surface area contributed by atoms with E-state index in [9.17, 15) is 4.79 Å². The molecular weight excluding hydrogens is 467 g/mol. The summed E-state index contributed by atoms with van der Waals surface area (Å²) in [6, 6.07) is 13.9. The number of carbonyl (C=O) groups is 1. The predicted molar refractivity (Wildman–Crippen MR) is 120 cm³/mol. The van der Waals surface area contributed by atoms with Crippen LogP contribution in [0.4, 0.5) is 0 Å². The van der Waals surface area contributed by atoms with Crippen LogP contribution >= 0.6 is 22.6 Å². The monoisotopic (exact) mass is 492 g/mol. The van der Waals surface area contributed by atoms with Gasteiger partial charge in [-0.1, -0.05) is 42.5 Å². The Morgan fingerprint density at radius 3 is 2.32 bits per heavy atom. The summed E-state index contributed by atoms with van der Waals surface area (Å²) in [5.41, 5.74) is 1.87. The van der Waals surface area contributed by atoms with Gasteiger partial charge >= 0.3 is 0 Å². The average molecular weight is 492 g/mol. The van der Waals surface area contributed by atoms with Crippen molar-refractivity contribution >= 4 is 34.6 Å². The van der Waals surface area contributed by atoms with E-state index in [-0.39, 0.29) is 5.91 Å². The zero-order valence-electron chi connectivity index (χ0n) is 16.2. The van der Waals surface area contributed by atoms with Gasteiger partial charge in [-0.3, -0.25) is 9.69 Å². The van der Waals surface area contributed by atoms with Crippen molar-refractivity contribution in [2.24, 2.45) is 0 Å². The number of piperazine rings is 1. The molecule has 0 saturated carbocycles. The molecule has 6 heteroatoms. The summed E-state index contributed by atoms with van der Waals surface area (Å²) in [5, 5.41) is 0. The molecular formula is C22H25IN2O3. The number of amides is 1. The van der Waals surface area contributed by atoms with Crippen molar-refractivity contribution < 1.29 is 14.3 Å². The molecule has 148 valence electrons. The minimum Gasteiger partial charge on any atom is -0.493 e. The summed E-state index contributed by atoms with van der Waals surface area (Å²) >= 11 is 2.18. The van der Waals surface area contributed by atoms with Gasteiger partial charge in [0.15, 0.2) is 11.5 Å². The first-order valence-electron chi connectivity index (χ1n) is 9.27. The number of nitrogens with zero attached hydrogens (tertiary/aromatic N) is 2. The number of benzene rings is 2. The summed E-state index contributed by atoms with van der Waals surface area (Å²) in [6.45, 7) is 4.08. The molecule has 28 heavy (non-hydrogen) atoms. The zero-order valence-corrected chi connectivity index (χ0v) is 18.4. The topological polar surface area (TPSA) is 42.0 Å². The molecule has 1 aliphatic heterocycles. The van der Waals surface area contributed by atoms with Gasteiger partial charge in [0, 0.05) is 36.3 Å². The van der Waals surface area contributed by atoms with Crippen LogP contribution in [0.1, 0.15) is 15.9 Å². The molecule has 5 nitrogen and oxygen atoms in total. The van der Waals surface area contributed by atoms with E-state index in [1.807, 2.05) is 29.2 Å². The molecule has 0 atom stereocenters. The fourth-order valence-corrected chi connectivity index (χ4v) is 3.89. The summed E-state index contributed by atoms with van der Waals surface area (Å²) in [6.07, 6.45) is 4.33. The van der Waals surface area contributed by atoms with Crippen LogP contribution in [-0.2, 0) is 0 Å². The lowest BCUT2D eigenvalue weighted by molar-refractivity contribution is 0.0649. The summed E-state index contributed by atoms with van der Waals surface area (Å²) in [4.78, 5) is 17.3. The second-order valence-electron chi connectivity index (χ2n) is 6.59. The van der Waals surface area contributed by atoms with E-state index in [0.717, 1.165) is 36.3 Å². The molecule has 2 aromatic carbocycles. The molecule has 0 N–H and O–H groups in total. The van der Waals surface area contributed by atoms with Crippen molar-refractivity contribution in [3.63, 3.8) is 0 Å². The first kappa shape index (κ1) is 20.7. The minimum atomic E-state index is 0.0461. The van der Waals surface area contributed by atoms with E-state index in [1.54, 1.807) is 20.3 Å². The van der Waals surface area contributed by atoms with Crippen molar-refractivity contribution in [1.29, 1.82) is 0 Å². The fraction of sp³-hybridized carbons (Fsp3) is 0.318. The van der Waals surface area contributed by atoms with Gasteiger partial charge in [0.05, 0.1) is 19.8 Å². The van der Waals surface area contributed by atoms with Crippen molar-refractivity contribution in [3.8, 4) is 11.5 Å². The Morgan fingerprint density at radius 1 is 1.04 bits per heavy atom. The summed E-state index contributed by atoms with van der Waals surface area (Å²) in [5.74, 6) is 1.26. The number of hydrogen-bond donors (Lipinski definition) is 0. The van der Waals surface area contributed by atoms with Crippen LogP contribution in [0.15, 0.2) is 48.5 Å². The smallest absolute Gasteiger partial charge is 0.255 e. The molecule has 0 aromatic heterocycles. The van der Waals surface area contributed by atoms with Crippen LogP contribution in [0.25, 0.3) is 6.08 Å². The Morgan fingerprint density at radius 2 is 1.68 bits per heavy atom. The summed E-state index contributed by atoms with van der Waals surface area (Å²) in [7, 11) is 3.18. The first-order chi connectivity index (χ1) is 13.6. The Balaban J connectivity index is 1.57. The molecule has 1 fully saturated rings. The fourth-order valence-electron chi connectivity index (χ4n) is 3.22. The van der Waals surface area contributed by atoms with Gasteiger partial charge in [-0.15, -0.1) is 0 Å². The van der Waals surface area contributed by atoms with Crippen molar-refractivity contribution in [2.75, 3.05) is 46.9 Å². The quantitative estimate of drug-likeness (QED) is 0.576. The van der Waals surface area contributed by atoms with Gasteiger partial charge in [0.1, 0.15) is 0 Å². The molecule has 1 aliphatic rings. The maximum Gasteiger partial charge on any atom is 0.255 e. The van der Waals surface area contributed by atoms with Crippen LogP contribution in [0, 0.1) is 3.57 Å². The highest BCUT2D eigenvalue weighted by atomic mass is 127. The van der Waals surface area contributed by atoms with Gasteiger partial charge in [-0.25, -0.2) is 0 Å². The maximum atomic E-state index is 13.0. The molecule has 2 aromatic rings. The standard InChI is InChI=1S/C22H25IN2O3/c1-27-20-15-18(19(23)16-21(20)28-2)22(26)25-13-11-24(12-14-25)10-6-9-17-7-4-3-5-8-17/h3-9,15-16H,10-14H2,1-2H3/b9-6+. The summed E-state index contributed by atoms with van der Waals surface area (Å²) < 4.78 is 11.5. The molecule has 0 spiro atoms. The number of carbonyl (C=O) groups excluding carboxylic acids is 1. The minimum absolute atomic E-state index is 0.0461. The molecule has 1 amide bonds. The number of ether oxygens (including phenoxy) is 2. The third-order valence-electron chi connectivity index (χ3n) is 4.84. The van der Waals surface area contributed by atoms with Crippen molar-refractivity contribution in [3.05, 3.63) is 63.2 Å². The van der Waals surface area contributed by atoms with Crippen LogP contribution in [-0.4, -0.2) is 62.7 Å². The highest BCUT2D eigenvalue weighted by molar-refractivity contribution is 14.1. The van der Waals surface area contributed by atoms with Gasteiger partial charge in [-0.05, 0) is 40.3 Å². The molecule has 0 bridgehead atoms. The van der Waals surface area contributed by atoms with E-state index in [2.05, 4.69) is 51.8 Å².